The van der Waals surface area contributed by atoms with Crippen molar-refractivity contribution in [1.82, 2.24) is 10.3 Å². The van der Waals surface area contributed by atoms with Crippen LogP contribution in [0.4, 0.5) is 0 Å². The van der Waals surface area contributed by atoms with Gasteiger partial charge in [-0.15, -0.1) is 23.1 Å². The number of thiophene rings is 1. The third-order valence-corrected chi connectivity index (χ3v) is 5.88. The number of carbonyl (C=O) groups excluding carboxylic acids is 1. The fourth-order valence-electron chi connectivity index (χ4n) is 2.51. The molecule has 0 aliphatic carbocycles. The van der Waals surface area contributed by atoms with E-state index in [1.54, 1.807) is 30.2 Å². The van der Waals surface area contributed by atoms with Crippen LogP contribution >= 0.6 is 23.1 Å². The highest BCUT2D eigenvalue weighted by molar-refractivity contribution is 8.00. The highest BCUT2D eigenvalue weighted by atomic mass is 32.2. The van der Waals surface area contributed by atoms with Crippen LogP contribution in [0.2, 0.25) is 0 Å². The number of ether oxygens (including phenoxy) is 1. The molecule has 6 heteroatoms. The van der Waals surface area contributed by atoms with Crippen molar-refractivity contribution < 1.29 is 9.53 Å². The lowest BCUT2D eigenvalue weighted by Crippen LogP contribution is -2.29. The van der Waals surface area contributed by atoms with Gasteiger partial charge in [0.15, 0.2) is 0 Å². The van der Waals surface area contributed by atoms with Crippen LogP contribution in [0.5, 0.6) is 5.88 Å². The van der Waals surface area contributed by atoms with E-state index in [1.807, 2.05) is 19.1 Å². The second-order valence-corrected chi connectivity index (χ2v) is 7.35. The second-order valence-electron chi connectivity index (χ2n) is 5.14. The summed E-state index contributed by atoms with van der Waals surface area (Å²) in [4.78, 5) is 18.2. The van der Waals surface area contributed by atoms with E-state index in [0.717, 1.165) is 23.4 Å². The highest BCUT2D eigenvalue weighted by Crippen LogP contribution is 2.39. The Kier molecular flexibility index (Phi) is 4.69. The summed E-state index contributed by atoms with van der Waals surface area (Å²) in [6.07, 6.45) is 1.07. The smallest absolute Gasteiger partial charge is 0.237 e. The lowest BCUT2D eigenvalue weighted by Gasteiger charge is -2.21. The molecule has 0 saturated heterocycles. The first-order valence-electron chi connectivity index (χ1n) is 7.15. The molecule has 22 heavy (non-hydrogen) atoms. The van der Waals surface area contributed by atoms with E-state index in [0.29, 0.717) is 12.4 Å². The molecule has 1 aliphatic heterocycles. The maximum atomic E-state index is 12.5. The first-order chi connectivity index (χ1) is 10.7. The maximum absolute atomic E-state index is 12.5. The average molecular weight is 334 g/mol. The standard InChI is InChI=1S/C16H18N2O2S2/c1-10-3-4-11(16(18-10)20-2)9-17-15(19)14-12-5-7-21-13(12)6-8-22-14/h3-5,7,14H,6,8-9H2,1-2H3,(H,17,19)/t14-/m0/s1. The Bertz CT molecular complexity index is 685. The molecule has 3 heterocycles. The third-order valence-electron chi connectivity index (χ3n) is 3.64. The predicted molar refractivity (Wildman–Crippen MR) is 90.6 cm³/mol. The number of rotatable bonds is 4. The molecule has 1 amide bonds. The van der Waals surface area contributed by atoms with E-state index in [9.17, 15) is 4.79 Å². The van der Waals surface area contributed by atoms with Crippen molar-refractivity contribution in [2.24, 2.45) is 0 Å². The molecule has 0 bridgehead atoms. The predicted octanol–water partition coefficient (Wildman–Crippen LogP) is 3.11. The molecule has 0 spiro atoms. The van der Waals surface area contributed by atoms with Gasteiger partial charge in [-0.25, -0.2) is 4.98 Å². The SMILES string of the molecule is COc1nc(C)ccc1CNC(=O)[C@H]1SCCc2sccc21. The summed E-state index contributed by atoms with van der Waals surface area (Å²) < 4.78 is 5.28. The molecule has 1 aliphatic rings. The summed E-state index contributed by atoms with van der Waals surface area (Å²) in [5.41, 5.74) is 2.97. The number of amides is 1. The summed E-state index contributed by atoms with van der Waals surface area (Å²) in [6.45, 7) is 2.35. The quantitative estimate of drug-likeness (QED) is 0.933. The van der Waals surface area contributed by atoms with Crippen LogP contribution in [0.15, 0.2) is 23.6 Å². The number of carbonyl (C=O) groups is 1. The van der Waals surface area contributed by atoms with Crippen LogP contribution in [0.3, 0.4) is 0 Å². The Balaban J connectivity index is 1.69. The molecule has 3 rings (SSSR count). The van der Waals surface area contributed by atoms with Crippen LogP contribution < -0.4 is 10.1 Å². The van der Waals surface area contributed by atoms with Gasteiger partial charge in [0, 0.05) is 22.7 Å². The number of aryl methyl sites for hydroxylation is 2. The van der Waals surface area contributed by atoms with E-state index in [-0.39, 0.29) is 11.2 Å². The zero-order valence-corrected chi connectivity index (χ0v) is 14.2. The second kappa shape index (κ2) is 6.71. The van der Waals surface area contributed by atoms with Crippen molar-refractivity contribution >= 4 is 29.0 Å². The minimum Gasteiger partial charge on any atom is -0.481 e. The molecule has 0 radical (unpaired) electrons. The van der Waals surface area contributed by atoms with Crippen molar-refractivity contribution in [3.63, 3.8) is 0 Å². The van der Waals surface area contributed by atoms with Crippen molar-refractivity contribution in [2.45, 2.75) is 25.1 Å². The molecule has 4 nitrogen and oxygen atoms in total. The lowest BCUT2D eigenvalue weighted by atomic mass is 10.1. The van der Waals surface area contributed by atoms with Gasteiger partial charge >= 0.3 is 0 Å². The normalized spacial score (nSPS) is 16.9. The van der Waals surface area contributed by atoms with E-state index in [2.05, 4.69) is 21.7 Å². The highest BCUT2D eigenvalue weighted by Gasteiger charge is 2.27. The van der Waals surface area contributed by atoms with Crippen molar-refractivity contribution in [2.75, 3.05) is 12.9 Å². The van der Waals surface area contributed by atoms with Gasteiger partial charge in [-0.1, -0.05) is 6.07 Å². The van der Waals surface area contributed by atoms with Crippen molar-refractivity contribution in [3.8, 4) is 5.88 Å². The van der Waals surface area contributed by atoms with Crippen LogP contribution in [0.25, 0.3) is 0 Å². The van der Waals surface area contributed by atoms with Gasteiger partial charge in [0.2, 0.25) is 11.8 Å². The minimum atomic E-state index is -0.0978. The number of hydrogen-bond donors (Lipinski definition) is 1. The Morgan fingerprint density at radius 1 is 1.45 bits per heavy atom. The van der Waals surface area contributed by atoms with Gasteiger partial charge in [0.1, 0.15) is 5.25 Å². The monoisotopic (exact) mass is 334 g/mol. The van der Waals surface area contributed by atoms with Crippen LogP contribution in [-0.2, 0) is 17.8 Å². The topological polar surface area (TPSA) is 51.2 Å². The number of methoxy groups -OCH3 is 1. The van der Waals surface area contributed by atoms with Crippen molar-refractivity contribution in [3.05, 3.63) is 45.3 Å². The fourth-order valence-corrected chi connectivity index (χ4v) is 4.83. The van der Waals surface area contributed by atoms with E-state index in [4.69, 9.17) is 4.74 Å². The van der Waals surface area contributed by atoms with Gasteiger partial charge in [-0.3, -0.25) is 4.79 Å². The van der Waals surface area contributed by atoms with Gasteiger partial charge in [0.25, 0.3) is 0 Å². The number of nitrogens with zero attached hydrogens (tertiary/aromatic N) is 1. The molecule has 1 N–H and O–H groups in total. The van der Waals surface area contributed by atoms with Crippen molar-refractivity contribution in [1.29, 1.82) is 0 Å². The van der Waals surface area contributed by atoms with Gasteiger partial charge < -0.3 is 10.1 Å². The Morgan fingerprint density at radius 2 is 2.32 bits per heavy atom. The van der Waals surface area contributed by atoms with Crippen LogP contribution in [-0.4, -0.2) is 23.8 Å². The Morgan fingerprint density at radius 3 is 3.14 bits per heavy atom. The number of pyridine rings is 1. The Hall–Kier alpha value is -1.53. The largest absolute Gasteiger partial charge is 0.481 e. The van der Waals surface area contributed by atoms with E-state index < -0.39 is 0 Å². The summed E-state index contributed by atoms with van der Waals surface area (Å²) in [7, 11) is 1.60. The zero-order chi connectivity index (χ0) is 15.5. The molecule has 0 fully saturated rings. The van der Waals surface area contributed by atoms with E-state index >= 15 is 0 Å². The molecule has 116 valence electrons. The number of thioether (sulfide) groups is 1. The van der Waals surface area contributed by atoms with E-state index in [1.165, 1.54) is 10.4 Å². The molecule has 0 aromatic carbocycles. The summed E-state index contributed by atoms with van der Waals surface area (Å²) >= 11 is 3.46. The van der Waals surface area contributed by atoms with Crippen LogP contribution in [0.1, 0.15) is 26.9 Å². The number of nitrogens with one attached hydrogen (secondary N) is 1. The Labute approximate surface area is 138 Å². The molecule has 0 unspecified atom stereocenters. The van der Waals surface area contributed by atoms with Gasteiger partial charge in [-0.2, -0.15) is 0 Å². The summed E-state index contributed by atoms with van der Waals surface area (Å²) in [5.74, 6) is 1.64. The number of hydrogen-bond acceptors (Lipinski definition) is 5. The molecular formula is C16H18N2O2S2. The molecular weight excluding hydrogens is 316 g/mol. The lowest BCUT2D eigenvalue weighted by molar-refractivity contribution is -0.120. The summed E-state index contributed by atoms with van der Waals surface area (Å²) in [6, 6.07) is 5.95. The number of aromatic nitrogens is 1. The third kappa shape index (κ3) is 3.13. The molecule has 1 atom stereocenters. The number of fused-ring (bicyclic) bond motifs is 1. The first kappa shape index (κ1) is 15.4. The summed E-state index contributed by atoms with van der Waals surface area (Å²) in [5, 5.41) is 4.99. The maximum Gasteiger partial charge on any atom is 0.237 e. The zero-order valence-electron chi connectivity index (χ0n) is 12.6. The first-order valence-corrected chi connectivity index (χ1v) is 9.08. The molecule has 2 aromatic heterocycles. The van der Waals surface area contributed by atoms with Gasteiger partial charge in [-0.05, 0) is 42.2 Å². The minimum absolute atomic E-state index is 0.0620. The fraction of sp³-hybridized carbons (Fsp3) is 0.375. The molecule has 2 aromatic rings. The van der Waals surface area contributed by atoms with Crippen LogP contribution in [0, 0.1) is 6.92 Å². The molecule has 0 saturated carbocycles. The average Bonchev–Trinajstić information content (AvgIpc) is 3.01. The van der Waals surface area contributed by atoms with Gasteiger partial charge in [0.05, 0.1) is 7.11 Å².